The van der Waals surface area contributed by atoms with Gasteiger partial charge in [0, 0.05) is 11.8 Å². The molecule has 2 aromatic carbocycles. The van der Waals surface area contributed by atoms with Crippen LogP contribution in [0.1, 0.15) is 22.8 Å². The van der Waals surface area contributed by atoms with Crippen molar-refractivity contribution in [3.8, 4) is 23.0 Å². The van der Waals surface area contributed by atoms with E-state index in [2.05, 4.69) is 20.2 Å². The van der Waals surface area contributed by atoms with Crippen LogP contribution < -0.4 is 4.74 Å². The molecule has 0 saturated carbocycles. The van der Waals surface area contributed by atoms with Crippen LogP contribution in [0.3, 0.4) is 0 Å². The van der Waals surface area contributed by atoms with E-state index in [1.807, 2.05) is 36.4 Å². The van der Waals surface area contributed by atoms with Gasteiger partial charge in [0.1, 0.15) is 11.0 Å². The van der Waals surface area contributed by atoms with Crippen molar-refractivity contribution in [2.24, 2.45) is 0 Å². The van der Waals surface area contributed by atoms with Gasteiger partial charge in [-0.05, 0) is 24.1 Å². The zero-order valence-electron chi connectivity index (χ0n) is 19.4. The highest BCUT2D eigenvalue weighted by molar-refractivity contribution is 6.43. The zero-order chi connectivity index (χ0) is 25.2. The Morgan fingerprint density at radius 2 is 1.83 bits per heavy atom. The summed E-state index contributed by atoms with van der Waals surface area (Å²) in [5, 5.41) is 9.71. The number of methoxy groups -OCH3 is 1. The van der Waals surface area contributed by atoms with Crippen LogP contribution in [0.5, 0.6) is 5.88 Å². The first-order valence-corrected chi connectivity index (χ1v) is 11.8. The number of esters is 1. The number of carbonyl (C=O) groups is 1. The molecule has 0 saturated heterocycles. The SMILES string of the molecule is CCOC(=O)c1cnn(-c2nc(OC)c3c(cnn3Cc3ccc(-c4cccc(Cl)c4Cl)cc3)n2)c1. The Morgan fingerprint density at radius 3 is 2.58 bits per heavy atom. The molecule has 0 spiro atoms. The smallest absolute Gasteiger partial charge is 0.341 e. The van der Waals surface area contributed by atoms with E-state index in [-0.39, 0.29) is 12.6 Å². The summed E-state index contributed by atoms with van der Waals surface area (Å²) >= 11 is 12.5. The Kier molecular flexibility index (Phi) is 6.58. The van der Waals surface area contributed by atoms with Crippen molar-refractivity contribution in [1.29, 1.82) is 0 Å². The molecular weight excluding hydrogens is 503 g/mol. The number of rotatable bonds is 7. The van der Waals surface area contributed by atoms with Crippen LogP contribution >= 0.6 is 23.2 Å². The quantitative estimate of drug-likeness (QED) is 0.270. The number of hydrogen-bond acceptors (Lipinski definition) is 7. The molecular formula is C25H20Cl2N6O3. The van der Waals surface area contributed by atoms with Crippen molar-refractivity contribution in [1.82, 2.24) is 29.5 Å². The van der Waals surface area contributed by atoms with Crippen LogP contribution in [0, 0.1) is 0 Å². The van der Waals surface area contributed by atoms with Gasteiger partial charge in [0.15, 0.2) is 0 Å². The first-order chi connectivity index (χ1) is 17.5. The van der Waals surface area contributed by atoms with Crippen molar-refractivity contribution >= 4 is 40.2 Å². The molecule has 182 valence electrons. The lowest BCUT2D eigenvalue weighted by atomic mass is 10.0. The summed E-state index contributed by atoms with van der Waals surface area (Å²) in [5.41, 5.74) is 4.36. The molecule has 11 heteroatoms. The summed E-state index contributed by atoms with van der Waals surface area (Å²) in [7, 11) is 1.53. The molecule has 0 aliphatic heterocycles. The lowest BCUT2D eigenvalue weighted by molar-refractivity contribution is 0.0526. The maximum atomic E-state index is 12.0. The average Bonchev–Trinajstić information content (AvgIpc) is 3.54. The van der Waals surface area contributed by atoms with Gasteiger partial charge in [0.25, 0.3) is 5.95 Å². The Hall–Kier alpha value is -3.95. The van der Waals surface area contributed by atoms with Crippen molar-refractivity contribution in [2.75, 3.05) is 13.7 Å². The maximum Gasteiger partial charge on any atom is 0.341 e. The minimum atomic E-state index is -0.465. The van der Waals surface area contributed by atoms with Gasteiger partial charge in [-0.1, -0.05) is 59.6 Å². The molecule has 3 heterocycles. The zero-order valence-corrected chi connectivity index (χ0v) is 20.9. The van der Waals surface area contributed by atoms with Gasteiger partial charge in [0.05, 0.1) is 48.3 Å². The fourth-order valence-electron chi connectivity index (χ4n) is 3.76. The number of aromatic nitrogens is 6. The monoisotopic (exact) mass is 522 g/mol. The summed E-state index contributed by atoms with van der Waals surface area (Å²) in [6.45, 7) is 2.49. The normalized spacial score (nSPS) is 11.1. The first kappa shape index (κ1) is 23.8. The van der Waals surface area contributed by atoms with Crippen molar-refractivity contribution in [3.05, 3.63) is 82.2 Å². The fraction of sp³-hybridized carbons (Fsp3) is 0.160. The van der Waals surface area contributed by atoms with Gasteiger partial charge in [0.2, 0.25) is 5.88 Å². The van der Waals surface area contributed by atoms with Crippen LogP contribution in [0.4, 0.5) is 0 Å². The molecule has 0 atom stereocenters. The topological polar surface area (TPSA) is 97.0 Å². The molecule has 36 heavy (non-hydrogen) atoms. The van der Waals surface area contributed by atoms with E-state index in [9.17, 15) is 4.79 Å². The Morgan fingerprint density at radius 1 is 1.03 bits per heavy atom. The van der Waals surface area contributed by atoms with E-state index >= 15 is 0 Å². The number of halogens is 2. The molecule has 0 N–H and O–H groups in total. The third-order valence-electron chi connectivity index (χ3n) is 5.49. The molecule has 0 radical (unpaired) electrons. The van der Waals surface area contributed by atoms with Gasteiger partial charge < -0.3 is 9.47 Å². The Balaban J connectivity index is 1.43. The van der Waals surface area contributed by atoms with Gasteiger partial charge in [-0.2, -0.15) is 15.2 Å². The Bertz CT molecular complexity index is 1560. The van der Waals surface area contributed by atoms with Crippen LogP contribution in [0.2, 0.25) is 10.0 Å². The van der Waals surface area contributed by atoms with Crippen molar-refractivity contribution in [2.45, 2.75) is 13.5 Å². The summed E-state index contributed by atoms with van der Waals surface area (Å²) in [6.07, 6.45) is 4.55. The van der Waals surface area contributed by atoms with Crippen LogP contribution in [-0.2, 0) is 11.3 Å². The maximum absolute atomic E-state index is 12.0. The molecule has 3 aromatic heterocycles. The molecule has 5 rings (SSSR count). The number of carbonyl (C=O) groups excluding carboxylic acids is 1. The van der Waals surface area contributed by atoms with E-state index in [0.717, 1.165) is 16.7 Å². The lowest BCUT2D eigenvalue weighted by Crippen LogP contribution is -2.07. The van der Waals surface area contributed by atoms with Gasteiger partial charge >= 0.3 is 5.97 Å². The van der Waals surface area contributed by atoms with Crippen molar-refractivity contribution < 1.29 is 14.3 Å². The first-order valence-electron chi connectivity index (χ1n) is 11.0. The lowest BCUT2D eigenvalue weighted by Gasteiger charge is -2.10. The van der Waals surface area contributed by atoms with E-state index < -0.39 is 5.97 Å². The predicted octanol–water partition coefficient (Wildman–Crippen LogP) is 5.22. The van der Waals surface area contributed by atoms with Crippen LogP contribution in [0.25, 0.3) is 28.1 Å². The number of benzene rings is 2. The molecule has 0 fully saturated rings. The highest BCUT2D eigenvalue weighted by Crippen LogP contribution is 2.33. The summed E-state index contributed by atoms with van der Waals surface area (Å²) in [6, 6.07) is 13.5. The van der Waals surface area contributed by atoms with Crippen LogP contribution in [0.15, 0.2) is 61.1 Å². The molecule has 0 amide bonds. The average molecular weight is 523 g/mol. The minimum absolute atomic E-state index is 0.247. The molecule has 5 aromatic rings. The van der Waals surface area contributed by atoms with Gasteiger partial charge in [-0.15, -0.1) is 0 Å². The largest absolute Gasteiger partial charge is 0.479 e. The highest BCUT2D eigenvalue weighted by atomic mass is 35.5. The fourth-order valence-corrected chi connectivity index (χ4v) is 4.17. The number of ether oxygens (including phenoxy) is 2. The Labute approximate surface area is 216 Å². The van der Waals surface area contributed by atoms with Gasteiger partial charge in [-0.3, -0.25) is 4.68 Å². The molecule has 0 bridgehead atoms. The number of fused-ring (bicyclic) bond motifs is 1. The molecule has 0 unspecified atom stereocenters. The summed E-state index contributed by atoms with van der Waals surface area (Å²) in [4.78, 5) is 21.0. The molecule has 0 aliphatic rings. The molecule has 0 aliphatic carbocycles. The van der Waals surface area contributed by atoms with Gasteiger partial charge in [-0.25, -0.2) is 14.5 Å². The minimum Gasteiger partial charge on any atom is -0.479 e. The summed E-state index contributed by atoms with van der Waals surface area (Å²) in [5.74, 6) is 0.119. The van der Waals surface area contributed by atoms with Crippen molar-refractivity contribution in [3.63, 3.8) is 0 Å². The standard InChI is InChI=1S/C25H20Cl2N6O3/c1-3-36-24(34)17-11-28-33(14-17)25-30-20-12-29-32(22(20)23(31-25)35-2)13-15-7-9-16(10-8-15)18-5-4-6-19(26)21(18)27/h4-12,14H,3,13H2,1-2H3. The van der Waals surface area contributed by atoms with E-state index in [4.69, 9.17) is 32.7 Å². The summed E-state index contributed by atoms with van der Waals surface area (Å²) < 4.78 is 13.7. The molecule has 9 nitrogen and oxygen atoms in total. The van der Waals surface area contributed by atoms with Crippen LogP contribution in [-0.4, -0.2) is 49.2 Å². The van der Waals surface area contributed by atoms with E-state index in [0.29, 0.717) is 39.1 Å². The number of nitrogens with zero attached hydrogens (tertiary/aromatic N) is 6. The second-order valence-electron chi connectivity index (χ2n) is 7.76. The number of hydrogen-bond donors (Lipinski definition) is 0. The predicted molar refractivity (Wildman–Crippen MR) is 136 cm³/mol. The second-order valence-corrected chi connectivity index (χ2v) is 8.55. The second kappa shape index (κ2) is 9.96. The van der Waals surface area contributed by atoms with E-state index in [1.165, 1.54) is 24.2 Å². The third-order valence-corrected chi connectivity index (χ3v) is 6.30. The van der Waals surface area contributed by atoms with E-state index in [1.54, 1.807) is 23.9 Å². The third kappa shape index (κ3) is 4.50. The highest BCUT2D eigenvalue weighted by Gasteiger charge is 2.18.